The Labute approximate surface area is 329 Å². The predicted molar refractivity (Wildman–Crippen MR) is 214 cm³/mol. The number of thiophene rings is 1. The van der Waals surface area contributed by atoms with Gasteiger partial charge in [0.1, 0.15) is 15.9 Å². The fourth-order valence-electron chi connectivity index (χ4n) is 5.94. The highest BCUT2D eigenvalue weighted by Crippen LogP contribution is 2.41. The SMILES string of the molecule is COC(=O)c1c(NC(=O)C(Sc2cccc(NC(=O)/C(=C\c3ccc([N+](=O)[O-])cc3)NC(=O)c3ccccc3)c2)c2ccccc2)sc2c1CCN(C(C)=O)C2. The number of methoxy groups -OCH3 is 1. The van der Waals surface area contributed by atoms with Crippen molar-refractivity contribution >= 4 is 75.1 Å². The van der Waals surface area contributed by atoms with Gasteiger partial charge in [-0.2, -0.15) is 0 Å². The highest BCUT2D eigenvalue weighted by molar-refractivity contribution is 8.00. The Kier molecular flexibility index (Phi) is 12.4. The van der Waals surface area contributed by atoms with E-state index in [9.17, 15) is 34.1 Å². The Morgan fingerprint density at radius 1 is 0.911 bits per heavy atom. The van der Waals surface area contributed by atoms with E-state index >= 15 is 0 Å². The van der Waals surface area contributed by atoms with Gasteiger partial charge in [-0.3, -0.25) is 29.3 Å². The number of nitrogens with zero attached hydrogens (tertiary/aromatic N) is 2. The minimum Gasteiger partial charge on any atom is -0.465 e. The minimum atomic E-state index is -0.803. The number of rotatable bonds is 12. The van der Waals surface area contributed by atoms with Crippen molar-refractivity contribution in [2.24, 2.45) is 0 Å². The summed E-state index contributed by atoms with van der Waals surface area (Å²) in [6, 6.07) is 29.8. The Balaban J connectivity index is 1.25. The van der Waals surface area contributed by atoms with Crippen molar-refractivity contribution in [1.29, 1.82) is 0 Å². The molecule has 0 bridgehead atoms. The Bertz CT molecular complexity index is 2330. The van der Waals surface area contributed by atoms with E-state index in [2.05, 4.69) is 16.0 Å². The van der Waals surface area contributed by atoms with Gasteiger partial charge in [0, 0.05) is 46.6 Å². The van der Waals surface area contributed by atoms with Gasteiger partial charge in [-0.25, -0.2) is 4.79 Å². The first-order chi connectivity index (χ1) is 27.0. The molecule has 0 aliphatic carbocycles. The topological polar surface area (TPSA) is 177 Å². The number of nitrogens with one attached hydrogen (secondary N) is 3. The average molecular weight is 790 g/mol. The van der Waals surface area contributed by atoms with Crippen molar-refractivity contribution in [3.05, 3.63) is 158 Å². The lowest BCUT2D eigenvalue weighted by Gasteiger charge is -2.25. The van der Waals surface area contributed by atoms with E-state index in [0.717, 1.165) is 10.4 Å². The van der Waals surface area contributed by atoms with Gasteiger partial charge < -0.3 is 25.6 Å². The molecule has 4 amide bonds. The highest BCUT2D eigenvalue weighted by atomic mass is 32.2. The standard InChI is InChI=1S/C41H35N5O8S2/c1-25(47)45-21-20-32-34(24-45)56-40(35(32)41(51)54-2)44-39(50)36(27-10-5-3-6-11-27)55-31-15-9-14-29(23-31)42-38(49)33(43-37(48)28-12-7-4-8-13-28)22-26-16-18-30(19-17-26)46(52)53/h3-19,22-23,36H,20-21,24H2,1-2H3,(H,42,49)(H,43,48)(H,44,50)/b33-22+. The van der Waals surface area contributed by atoms with Crippen LogP contribution in [0.4, 0.5) is 16.4 Å². The molecule has 0 saturated heterocycles. The molecule has 0 saturated carbocycles. The number of non-ortho nitro benzene ring substituents is 1. The van der Waals surface area contributed by atoms with Crippen LogP contribution in [0.15, 0.2) is 120 Å². The number of nitro benzene ring substituents is 1. The number of esters is 1. The second-order valence-electron chi connectivity index (χ2n) is 12.5. The molecule has 56 heavy (non-hydrogen) atoms. The van der Waals surface area contributed by atoms with Crippen molar-refractivity contribution in [3.8, 4) is 0 Å². The first-order valence-corrected chi connectivity index (χ1v) is 18.9. The van der Waals surface area contributed by atoms with Crippen LogP contribution in [0.25, 0.3) is 6.08 Å². The van der Waals surface area contributed by atoms with Crippen molar-refractivity contribution in [3.63, 3.8) is 0 Å². The second-order valence-corrected chi connectivity index (χ2v) is 14.8. The average Bonchev–Trinajstić information content (AvgIpc) is 3.57. The number of thioether (sulfide) groups is 1. The summed E-state index contributed by atoms with van der Waals surface area (Å²) in [7, 11) is 1.28. The summed E-state index contributed by atoms with van der Waals surface area (Å²) in [6.07, 6.45) is 1.86. The summed E-state index contributed by atoms with van der Waals surface area (Å²) < 4.78 is 5.09. The minimum absolute atomic E-state index is 0.0816. The van der Waals surface area contributed by atoms with Gasteiger partial charge in [0.2, 0.25) is 11.8 Å². The third-order valence-electron chi connectivity index (χ3n) is 8.76. The van der Waals surface area contributed by atoms with Crippen LogP contribution in [0.1, 0.15) is 54.5 Å². The highest BCUT2D eigenvalue weighted by Gasteiger charge is 2.32. The molecule has 5 aromatic rings. The van der Waals surface area contributed by atoms with Crippen LogP contribution in [-0.2, 0) is 32.1 Å². The molecular weight excluding hydrogens is 755 g/mol. The summed E-state index contributed by atoms with van der Waals surface area (Å²) in [5.74, 6) is -2.26. The zero-order chi connectivity index (χ0) is 39.8. The number of hydrogen-bond donors (Lipinski definition) is 3. The molecule has 1 aliphatic heterocycles. The summed E-state index contributed by atoms with van der Waals surface area (Å²) in [4.78, 5) is 79.9. The molecule has 6 rings (SSSR count). The van der Waals surface area contributed by atoms with Crippen molar-refractivity contribution in [1.82, 2.24) is 10.2 Å². The number of nitro groups is 1. The zero-order valence-electron chi connectivity index (χ0n) is 30.1. The number of fused-ring (bicyclic) bond motifs is 1. The van der Waals surface area contributed by atoms with Crippen molar-refractivity contribution in [2.45, 2.75) is 30.0 Å². The van der Waals surface area contributed by atoms with Gasteiger partial charge in [-0.05, 0) is 71.7 Å². The first kappa shape index (κ1) is 39.1. The normalized spacial score (nSPS) is 12.8. The van der Waals surface area contributed by atoms with Crippen LogP contribution >= 0.6 is 23.1 Å². The first-order valence-electron chi connectivity index (χ1n) is 17.3. The third-order valence-corrected chi connectivity index (χ3v) is 11.1. The van der Waals surface area contributed by atoms with Gasteiger partial charge in [-0.1, -0.05) is 54.6 Å². The Morgan fingerprint density at radius 3 is 2.27 bits per heavy atom. The molecule has 1 aromatic heterocycles. The second kappa shape index (κ2) is 17.7. The molecule has 1 unspecified atom stereocenters. The van der Waals surface area contributed by atoms with Gasteiger partial charge in [0.25, 0.3) is 17.5 Å². The molecule has 0 radical (unpaired) electrons. The number of benzene rings is 4. The van der Waals surface area contributed by atoms with Crippen molar-refractivity contribution < 1.29 is 33.6 Å². The maximum atomic E-state index is 14.2. The Hall–Kier alpha value is -6.58. The maximum absolute atomic E-state index is 14.2. The van der Waals surface area contributed by atoms with E-state index in [0.29, 0.717) is 51.8 Å². The summed E-state index contributed by atoms with van der Waals surface area (Å²) in [5, 5.41) is 19.2. The van der Waals surface area contributed by atoms with Crippen LogP contribution < -0.4 is 16.0 Å². The van der Waals surface area contributed by atoms with Crippen LogP contribution in [0.3, 0.4) is 0 Å². The van der Waals surface area contributed by atoms with E-state index in [1.807, 2.05) is 30.3 Å². The van der Waals surface area contributed by atoms with Gasteiger partial charge in [0.05, 0.1) is 24.1 Å². The Morgan fingerprint density at radius 2 is 1.61 bits per heavy atom. The zero-order valence-corrected chi connectivity index (χ0v) is 31.8. The lowest BCUT2D eigenvalue weighted by atomic mass is 10.0. The van der Waals surface area contributed by atoms with Gasteiger partial charge in [0.15, 0.2) is 0 Å². The maximum Gasteiger partial charge on any atom is 0.341 e. The van der Waals surface area contributed by atoms with E-state index < -0.39 is 33.9 Å². The van der Waals surface area contributed by atoms with Crippen molar-refractivity contribution in [2.75, 3.05) is 24.3 Å². The van der Waals surface area contributed by atoms with E-state index in [1.165, 1.54) is 67.5 Å². The smallest absolute Gasteiger partial charge is 0.341 e. The summed E-state index contributed by atoms with van der Waals surface area (Å²) in [6.45, 7) is 2.26. The molecule has 3 N–H and O–H groups in total. The number of carbonyl (C=O) groups excluding carboxylic acids is 5. The molecule has 284 valence electrons. The van der Waals surface area contributed by atoms with Crippen LogP contribution in [0, 0.1) is 10.1 Å². The number of ether oxygens (including phenoxy) is 1. The van der Waals surface area contributed by atoms with Gasteiger partial charge in [-0.15, -0.1) is 23.1 Å². The molecule has 0 fully saturated rings. The van der Waals surface area contributed by atoms with Gasteiger partial charge >= 0.3 is 5.97 Å². The predicted octanol–water partition coefficient (Wildman–Crippen LogP) is 7.23. The lowest BCUT2D eigenvalue weighted by molar-refractivity contribution is -0.384. The number of carbonyl (C=O) groups is 5. The van der Waals surface area contributed by atoms with Crippen LogP contribution in [0.2, 0.25) is 0 Å². The number of amides is 4. The number of anilines is 2. The molecule has 1 atom stereocenters. The van der Waals surface area contributed by atoms with E-state index in [-0.39, 0.29) is 22.9 Å². The van der Waals surface area contributed by atoms with Crippen LogP contribution in [0.5, 0.6) is 0 Å². The molecule has 4 aromatic carbocycles. The number of hydrogen-bond acceptors (Lipinski definition) is 10. The largest absolute Gasteiger partial charge is 0.465 e. The van der Waals surface area contributed by atoms with E-state index in [4.69, 9.17) is 4.74 Å². The lowest BCUT2D eigenvalue weighted by Crippen LogP contribution is -2.33. The third kappa shape index (κ3) is 9.37. The fourth-order valence-corrected chi connectivity index (χ4v) is 8.28. The molecule has 0 spiro atoms. The summed E-state index contributed by atoms with van der Waals surface area (Å²) in [5.41, 5.74) is 2.60. The molecule has 1 aliphatic rings. The van der Waals surface area contributed by atoms with Crippen LogP contribution in [-0.4, -0.2) is 53.1 Å². The summed E-state index contributed by atoms with van der Waals surface area (Å²) >= 11 is 2.47. The fraction of sp³-hybridized carbons (Fsp3) is 0.146. The van der Waals surface area contributed by atoms with E-state index in [1.54, 1.807) is 59.5 Å². The quantitative estimate of drug-likeness (QED) is 0.0387. The monoisotopic (exact) mass is 789 g/mol. The molecular formula is C41H35N5O8S2. The molecule has 2 heterocycles. The molecule has 15 heteroatoms. The molecule has 13 nitrogen and oxygen atoms in total.